The van der Waals surface area contributed by atoms with Gasteiger partial charge in [-0.05, 0) is 29.2 Å². The van der Waals surface area contributed by atoms with Crippen LogP contribution >= 0.6 is 0 Å². The molecule has 1 aromatic rings. The van der Waals surface area contributed by atoms with E-state index >= 15 is 0 Å². The molecule has 0 radical (unpaired) electrons. The van der Waals surface area contributed by atoms with Crippen molar-refractivity contribution in [1.82, 2.24) is 0 Å². The molecule has 0 unspecified atom stereocenters. The summed E-state index contributed by atoms with van der Waals surface area (Å²) in [6.45, 7) is 4.13. The lowest BCUT2D eigenvalue weighted by molar-refractivity contribution is 0.466. The highest BCUT2D eigenvalue weighted by molar-refractivity contribution is 6.03. The van der Waals surface area contributed by atoms with Gasteiger partial charge in [-0.2, -0.15) is 0 Å². The second-order valence-corrected chi connectivity index (χ2v) is 4.71. The Hall–Kier alpha value is -2.09. The van der Waals surface area contributed by atoms with Crippen LogP contribution < -0.4 is 5.63 Å². The van der Waals surface area contributed by atoms with Crippen molar-refractivity contribution in [1.29, 1.82) is 0 Å². The van der Waals surface area contributed by atoms with Gasteiger partial charge in [0.05, 0.1) is 5.39 Å². The van der Waals surface area contributed by atoms with Crippen LogP contribution in [0, 0.1) is 0 Å². The highest BCUT2D eigenvalue weighted by atomic mass is 16.4. The molecule has 0 amide bonds. The molecule has 0 aliphatic heterocycles. The summed E-state index contributed by atoms with van der Waals surface area (Å²) in [6, 6.07) is 12.1. The summed E-state index contributed by atoms with van der Waals surface area (Å²) in [5.41, 5.74) is 3.18. The maximum Gasteiger partial charge on any atom is 0.343 e. The molecular formula is C17H16O2. The van der Waals surface area contributed by atoms with Gasteiger partial charge in [-0.3, -0.25) is 0 Å². The average molecular weight is 252 g/mol. The van der Waals surface area contributed by atoms with E-state index in [4.69, 9.17) is 4.42 Å². The van der Waals surface area contributed by atoms with E-state index in [1.54, 1.807) is 0 Å². The highest BCUT2D eigenvalue weighted by Gasteiger charge is 2.18. The van der Waals surface area contributed by atoms with E-state index in [-0.39, 0.29) is 5.63 Å². The SMILES string of the molecule is CCc1oc(=O)c2cc3cccccc-3c2c1CC. The van der Waals surface area contributed by atoms with Crippen molar-refractivity contribution in [3.05, 3.63) is 58.1 Å². The van der Waals surface area contributed by atoms with Crippen LogP contribution in [0.2, 0.25) is 0 Å². The first-order chi connectivity index (χ1) is 9.26. The Bertz CT molecular complexity index is 768. The minimum atomic E-state index is -0.220. The third-order valence-electron chi connectivity index (χ3n) is 3.66. The Morgan fingerprint density at radius 1 is 1.05 bits per heavy atom. The lowest BCUT2D eigenvalue weighted by Gasteiger charge is -2.06. The fourth-order valence-corrected chi connectivity index (χ4v) is 2.80. The molecule has 2 nitrogen and oxygen atoms in total. The van der Waals surface area contributed by atoms with E-state index in [1.165, 1.54) is 5.56 Å². The van der Waals surface area contributed by atoms with Crippen molar-refractivity contribution in [3.8, 4) is 11.1 Å². The first kappa shape index (κ1) is 12.0. The van der Waals surface area contributed by atoms with Crippen LogP contribution in [0.25, 0.3) is 21.9 Å². The van der Waals surface area contributed by atoms with Crippen LogP contribution in [0.4, 0.5) is 0 Å². The predicted molar refractivity (Wildman–Crippen MR) is 77.9 cm³/mol. The summed E-state index contributed by atoms with van der Waals surface area (Å²) < 4.78 is 5.46. The molecular weight excluding hydrogens is 236 g/mol. The molecule has 0 N–H and O–H groups in total. The molecule has 1 aromatic heterocycles. The summed E-state index contributed by atoms with van der Waals surface area (Å²) in [4.78, 5) is 12.1. The van der Waals surface area contributed by atoms with Gasteiger partial charge < -0.3 is 4.42 Å². The summed E-state index contributed by atoms with van der Waals surface area (Å²) in [5, 5.41) is 1.78. The lowest BCUT2D eigenvalue weighted by Crippen LogP contribution is -2.04. The highest BCUT2D eigenvalue weighted by Crippen LogP contribution is 2.35. The number of hydrogen-bond donors (Lipinski definition) is 0. The van der Waals surface area contributed by atoms with Gasteiger partial charge in [-0.1, -0.05) is 44.2 Å². The van der Waals surface area contributed by atoms with Crippen molar-refractivity contribution >= 4 is 10.8 Å². The molecule has 0 bridgehead atoms. The van der Waals surface area contributed by atoms with Crippen LogP contribution in [-0.4, -0.2) is 0 Å². The van der Waals surface area contributed by atoms with E-state index < -0.39 is 0 Å². The molecule has 0 aromatic carbocycles. The van der Waals surface area contributed by atoms with Gasteiger partial charge in [0, 0.05) is 11.8 Å². The molecule has 3 rings (SSSR count). The molecule has 2 aliphatic rings. The van der Waals surface area contributed by atoms with Crippen molar-refractivity contribution in [3.63, 3.8) is 0 Å². The zero-order valence-corrected chi connectivity index (χ0v) is 11.2. The van der Waals surface area contributed by atoms with Crippen LogP contribution in [0.1, 0.15) is 25.2 Å². The second kappa shape index (κ2) is 4.54. The Kier molecular flexibility index (Phi) is 2.86. The normalized spacial score (nSPS) is 11.3. The van der Waals surface area contributed by atoms with E-state index in [9.17, 15) is 4.79 Å². The maximum atomic E-state index is 12.1. The molecule has 96 valence electrons. The quantitative estimate of drug-likeness (QED) is 0.689. The molecule has 0 saturated heterocycles. The maximum absolute atomic E-state index is 12.1. The van der Waals surface area contributed by atoms with Gasteiger partial charge in [0.15, 0.2) is 0 Å². The van der Waals surface area contributed by atoms with Crippen molar-refractivity contribution in [2.24, 2.45) is 0 Å². The Morgan fingerprint density at radius 2 is 1.84 bits per heavy atom. The Balaban J connectivity index is 2.55. The molecule has 0 fully saturated rings. The largest absolute Gasteiger partial charge is 0.427 e. The second-order valence-electron chi connectivity index (χ2n) is 4.71. The topological polar surface area (TPSA) is 30.2 Å². The van der Waals surface area contributed by atoms with Crippen molar-refractivity contribution < 1.29 is 4.42 Å². The number of rotatable bonds is 2. The third kappa shape index (κ3) is 1.75. The van der Waals surface area contributed by atoms with Gasteiger partial charge in [-0.25, -0.2) is 4.79 Å². The van der Waals surface area contributed by atoms with Crippen molar-refractivity contribution in [2.75, 3.05) is 0 Å². The summed E-state index contributed by atoms with van der Waals surface area (Å²) >= 11 is 0. The smallest absolute Gasteiger partial charge is 0.343 e. The zero-order valence-electron chi connectivity index (χ0n) is 11.2. The van der Waals surface area contributed by atoms with E-state index in [1.807, 2.05) is 37.3 Å². The fourth-order valence-electron chi connectivity index (χ4n) is 2.80. The van der Waals surface area contributed by atoms with Crippen molar-refractivity contribution in [2.45, 2.75) is 26.7 Å². The monoisotopic (exact) mass is 252 g/mol. The molecule has 0 spiro atoms. The first-order valence-corrected chi connectivity index (χ1v) is 6.72. The minimum absolute atomic E-state index is 0.220. The Morgan fingerprint density at radius 3 is 2.58 bits per heavy atom. The number of aryl methyl sites for hydroxylation is 2. The summed E-state index contributed by atoms with van der Waals surface area (Å²) in [5.74, 6) is 0.819. The summed E-state index contributed by atoms with van der Waals surface area (Å²) in [7, 11) is 0. The van der Waals surface area contributed by atoms with Gasteiger partial charge in [0.2, 0.25) is 0 Å². The van der Waals surface area contributed by atoms with Crippen LogP contribution in [-0.2, 0) is 12.8 Å². The van der Waals surface area contributed by atoms with E-state index in [0.29, 0.717) is 5.39 Å². The Labute approximate surface area is 112 Å². The number of hydrogen-bond acceptors (Lipinski definition) is 2. The van der Waals surface area contributed by atoms with Crippen LogP contribution in [0.15, 0.2) is 45.6 Å². The standard InChI is InChI=1S/C17H16O2/c1-3-12-15(4-2)19-17(18)14-10-11-8-6-5-7-9-13(11)16(12)14/h5-10H,3-4H2,1-2H3. The van der Waals surface area contributed by atoms with Crippen LogP contribution in [0.3, 0.4) is 0 Å². The van der Waals surface area contributed by atoms with Gasteiger partial charge in [-0.15, -0.1) is 0 Å². The van der Waals surface area contributed by atoms with Gasteiger partial charge in [0.25, 0.3) is 0 Å². The van der Waals surface area contributed by atoms with Gasteiger partial charge >= 0.3 is 5.63 Å². The number of fused-ring (bicyclic) bond motifs is 3. The third-order valence-corrected chi connectivity index (χ3v) is 3.66. The average Bonchev–Trinajstić information content (AvgIpc) is 2.63. The molecule has 2 heteroatoms. The lowest BCUT2D eigenvalue weighted by atomic mass is 10.0. The van der Waals surface area contributed by atoms with Crippen LogP contribution in [0.5, 0.6) is 0 Å². The minimum Gasteiger partial charge on any atom is -0.427 e. The molecule has 19 heavy (non-hydrogen) atoms. The predicted octanol–water partition coefficient (Wildman–Crippen LogP) is 4.02. The molecule has 1 heterocycles. The zero-order chi connectivity index (χ0) is 13.4. The fraction of sp³-hybridized carbons (Fsp3) is 0.235. The molecule has 0 saturated carbocycles. The van der Waals surface area contributed by atoms with Gasteiger partial charge in [0.1, 0.15) is 5.76 Å². The first-order valence-electron chi connectivity index (χ1n) is 6.72. The molecule has 0 atom stereocenters. The van der Waals surface area contributed by atoms with E-state index in [0.717, 1.165) is 35.1 Å². The molecule has 2 aliphatic carbocycles. The van der Waals surface area contributed by atoms with E-state index in [2.05, 4.69) is 13.0 Å². The summed E-state index contributed by atoms with van der Waals surface area (Å²) in [6.07, 6.45) is 1.63.